The smallest absolute Gasteiger partial charge is 0.160 e. The largest absolute Gasteiger partial charge is 0.508 e. The first-order valence-corrected chi connectivity index (χ1v) is 7.48. The van der Waals surface area contributed by atoms with Gasteiger partial charge >= 0.3 is 0 Å². The highest BCUT2D eigenvalue weighted by Gasteiger charge is 2.24. The van der Waals surface area contributed by atoms with Crippen LogP contribution < -0.4 is 0 Å². The van der Waals surface area contributed by atoms with E-state index in [0.717, 1.165) is 35.6 Å². The SMILES string of the molecule is Oc1cccc(Cn2c(C3CCOC3)nc3cccnc32)c1. The number of aromatic nitrogens is 3. The van der Waals surface area contributed by atoms with E-state index in [0.29, 0.717) is 19.1 Å². The number of imidazole rings is 1. The molecule has 3 aromatic rings. The normalized spacial score (nSPS) is 18.1. The van der Waals surface area contributed by atoms with Gasteiger partial charge in [0.15, 0.2) is 5.65 Å². The van der Waals surface area contributed by atoms with Gasteiger partial charge in [0.1, 0.15) is 17.1 Å². The maximum Gasteiger partial charge on any atom is 0.160 e. The van der Waals surface area contributed by atoms with Gasteiger partial charge in [0.2, 0.25) is 0 Å². The van der Waals surface area contributed by atoms with E-state index in [4.69, 9.17) is 9.72 Å². The van der Waals surface area contributed by atoms with Gasteiger partial charge in [0.25, 0.3) is 0 Å². The molecule has 1 aromatic carbocycles. The summed E-state index contributed by atoms with van der Waals surface area (Å²) in [4.78, 5) is 9.26. The second-order valence-corrected chi connectivity index (χ2v) is 5.63. The average molecular weight is 295 g/mol. The Morgan fingerprint density at radius 1 is 1.27 bits per heavy atom. The Hall–Kier alpha value is -2.40. The van der Waals surface area contributed by atoms with Gasteiger partial charge in [-0.1, -0.05) is 12.1 Å². The summed E-state index contributed by atoms with van der Waals surface area (Å²) in [6.07, 6.45) is 2.78. The minimum Gasteiger partial charge on any atom is -0.508 e. The van der Waals surface area contributed by atoms with Crippen molar-refractivity contribution in [3.8, 4) is 5.75 Å². The number of fused-ring (bicyclic) bond motifs is 1. The Labute approximate surface area is 128 Å². The van der Waals surface area contributed by atoms with Crippen LogP contribution in [0.3, 0.4) is 0 Å². The van der Waals surface area contributed by atoms with Crippen LogP contribution >= 0.6 is 0 Å². The molecule has 4 rings (SSSR count). The summed E-state index contributed by atoms with van der Waals surface area (Å²) < 4.78 is 7.66. The highest BCUT2D eigenvalue weighted by Crippen LogP contribution is 2.28. The Kier molecular flexibility index (Phi) is 3.27. The van der Waals surface area contributed by atoms with Crippen LogP contribution in [0.1, 0.15) is 23.7 Å². The zero-order valence-electron chi connectivity index (χ0n) is 12.1. The maximum absolute atomic E-state index is 9.68. The molecular weight excluding hydrogens is 278 g/mol. The predicted octanol–water partition coefficient (Wildman–Crippen LogP) is 2.69. The van der Waals surface area contributed by atoms with Gasteiger partial charge in [-0.2, -0.15) is 0 Å². The summed E-state index contributed by atoms with van der Waals surface area (Å²) in [5.41, 5.74) is 2.82. The fourth-order valence-electron chi connectivity index (χ4n) is 3.02. The van der Waals surface area contributed by atoms with Gasteiger partial charge in [-0.15, -0.1) is 0 Å². The Morgan fingerprint density at radius 3 is 3.05 bits per heavy atom. The van der Waals surface area contributed by atoms with Crippen molar-refractivity contribution in [1.29, 1.82) is 0 Å². The number of phenolic OH excluding ortho intramolecular Hbond substituents is 1. The first kappa shape index (κ1) is 13.3. The number of benzene rings is 1. The number of ether oxygens (including phenoxy) is 1. The van der Waals surface area contributed by atoms with E-state index in [9.17, 15) is 5.11 Å². The van der Waals surface area contributed by atoms with Crippen molar-refractivity contribution in [3.63, 3.8) is 0 Å². The lowest BCUT2D eigenvalue weighted by molar-refractivity contribution is 0.193. The molecule has 1 atom stereocenters. The third kappa shape index (κ3) is 2.33. The lowest BCUT2D eigenvalue weighted by Crippen LogP contribution is -2.10. The van der Waals surface area contributed by atoms with Crippen LogP contribution in [0.5, 0.6) is 5.75 Å². The van der Waals surface area contributed by atoms with Crippen LogP contribution in [0.25, 0.3) is 11.2 Å². The highest BCUT2D eigenvalue weighted by molar-refractivity contribution is 5.71. The molecule has 1 aliphatic rings. The molecule has 0 saturated carbocycles. The molecule has 0 aliphatic carbocycles. The van der Waals surface area contributed by atoms with E-state index in [2.05, 4.69) is 9.55 Å². The number of rotatable bonds is 3. The number of nitrogens with zero attached hydrogens (tertiary/aromatic N) is 3. The standard InChI is InChI=1S/C17H17N3O2/c21-14-4-1-3-12(9-14)10-20-16(13-6-8-22-11-13)19-15-5-2-7-18-17(15)20/h1-5,7,9,13,21H,6,8,10-11H2. The van der Waals surface area contributed by atoms with Crippen molar-refractivity contribution in [2.75, 3.05) is 13.2 Å². The zero-order chi connectivity index (χ0) is 14.9. The van der Waals surface area contributed by atoms with Crippen LogP contribution in [-0.4, -0.2) is 32.9 Å². The molecule has 112 valence electrons. The van der Waals surface area contributed by atoms with Gasteiger partial charge in [-0.05, 0) is 36.2 Å². The lowest BCUT2D eigenvalue weighted by Gasteiger charge is -2.12. The summed E-state index contributed by atoms with van der Waals surface area (Å²) >= 11 is 0. The van der Waals surface area contributed by atoms with Crippen LogP contribution in [-0.2, 0) is 11.3 Å². The average Bonchev–Trinajstić information content (AvgIpc) is 3.15. The molecular formula is C17H17N3O2. The maximum atomic E-state index is 9.68. The monoisotopic (exact) mass is 295 g/mol. The van der Waals surface area contributed by atoms with Crippen molar-refractivity contribution in [2.24, 2.45) is 0 Å². The van der Waals surface area contributed by atoms with Gasteiger partial charge in [-0.3, -0.25) is 0 Å². The summed E-state index contributed by atoms with van der Waals surface area (Å²) in [6, 6.07) is 11.2. The molecule has 0 amide bonds. The number of pyridine rings is 1. The second kappa shape index (κ2) is 5.42. The second-order valence-electron chi connectivity index (χ2n) is 5.63. The van der Waals surface area contributed by atoms with Gasteiger partial charge in [0.05, 0.1) is 13.2 Å². The first-order valence-electron chi connectivity index (χ1n) is 7.48. The van der Waals surface area contributed by atoms with Crippen molar-refractivity contribution in [2.45, 2.75) is 18.9 Å². The van der Waals surface area contributed by atoms with E-state index in [1.165, 1.54) is 0 Å². The topological polar surface area (TPSA) is 60.2 Å². The quantitative estimate of drug-likeness (QED) is 0.807. The Balaban J connectivity index is 1.81. The molecule has 1 fully saturated rings. The third-order valence-electron chi connectivity index (χ3n) is 4.08. The molecule has 1 unspecified atom stereocenters. The van der Waals surface area contributed by atoms with Crippen molar-refractivity contribution in [3.05, 3.63) is 54.0 Å². The highest BCUT2D eigenvalue weighted by atomic mass is 16.5. The molecule has 2 aromatic heterocycles. The van der Waals surface area contributed by atoms with Crippen molar-refractivity contribution >= 4 is 11.2 Å². The molecule has 3 heterocycles. The fraction of sp³-hybridized carbons (Fsp3) is 0.294. The number of hydrogen-bond donors (Lipinski definition) is 1. The minimum absolute atomic E-state index is 0.278. The Bertz CT molecular complexity index is 807. The molecule has 5 heteroatoms. The number of hydrogen-bond acceptors (Lipinski definition) is 4. The molecule has 0 bridgehead atoms. The summed E-state index contributed by atoms with van der Waals surface area (Å²) in [7, 11) is 0. The van der Waals surface area contributed by atoms with E-state index in [1.54, 1.807) is 18.3 Å². The van der Waals surface area contributed by atoms with Crippen molar-refractivity contribution < 1.29 is 9.84 Å². The van der Waals surface area contributed by atoms with E-state index in [1.807, 2.05) is 24.3 Å². The van der Waals surface area contributed by atoms with Gasteiger partial charge < -0.3 is 14.4 Å². The van der Waals surface area contributed by atoms with E-state index < -0.39 is 0 Å². The van der Waals surface area contributed by atoms with Crippen LogP contribution in [0, 0.1) is 0 Å². The van der Waals surface area contributed by atoms with Crippen LogP contribution in [0.4, 0.5) is 0 Å². The van der Waals surface area contributed by atoms with Crippen LogP contribution in [0.2, 0.25) is 0 Å². The third-order valence-corrected chi connectivity index (χ3v) is 4.08. The summed E-state index contributed by atoms with van der Waals surface area (Å²) in [5, 5.41) is 9.68. The van der Waals surface area contributed by atoms with Crippen molar-refractivity contribution in [1.82, 2.24) is 14.5 Å². The van der Waals surface area contributed by atoms with E-state index in [-0.39, 0.29) is 5.75 Å². The summed E-state index contributed by atoms with van der Waals surface area (Å²) in [5.74, 6) is 1.61. The molecule has 22 heavy (non-hydrogen) atoms. The number of aromatic hydroxyl groups is 1. The first-order chi connectivity index (χ1) is 10.8. The molecule has 1 N–H and O–H groups in total. The zero-order valence-corrected chi connectivity index (χ0v) is 12.1. The van der Waals surface area contributed by atoms with E-state index >= 15 is 0 Å². The number of phenols is 1. The van der Waals surface area contributed by atoms with Crippen LogP contribution in [0.15, 0.2) is 42.6 Å². The van der Waals surface area contributed by atoms with Gasteiger partial charge in [-0.25, -0.2) is 9.97 Å². The lowest BCUT2D eigenvalue weighted by atomic mass is 10.1. The molecule has 1 saturated heterocycles. The summed E-state index contributed by atoms with van der Waals surface area (Å²) in [6.45, 7) is 2.14. The Morgan fingerprint density at radius 2 is 2.23 bits per heavy atom. The fourth-order valence-corrected chi connectivity index (χ4v) is 3.02. The molecule has 5 nitrogen and oxygen atoms in total. The minimum atomic E-state index is 0.278. The molecule has 0 spiro atoms. The predicted molar refractivity (Wildman–Crippen MR) is 82.9 cm³/mol. The molecule has 1 aliphatic heterocycles. The molecule has 0 radical (unpaired) electrons. The van der Waals surface area contributed by atoms with Gasteiger partial charge in [0, 0.05) is 18.7 Å².